The molecule has 0 aromatic heterocycles. The van der Waals surface area contributed by atoms with Gasteiger partial charge >= 0.3 is 0 Å². The van der Waals surface area contributed by atoms with E-state index in [9.17, 15) is 9.59 Å². The Hall–Kier alpha value is -2.19. The molecule has 2 aromatic carbocycles. The first-order valence-corrected chi connectivity index (χ1v) is 15.0. The minimum absolute atomic E-state index is 0.0399. The second kappa shape index (κ2) is 9.97. The fourth-order valence-corrected chi connectivity index (χ4v) is 8.06. The molecule has 2 aromatic rings. The predicted octanol–water partition coefficient (Wildman–Crippen LogP) is 6.10. The maximum atomic E-state index is 16.0. The highest BCUT2D eigenvalue weighted by atomic mass is 35.5. The van der Waals surface area contributed by atoms with Gasteiger partial charge in [-0.2, -0.15) is 0 Å². The van der Waals surface area contributed by atoms with E-state index in [1.165, 1.54) is 6.07 Å². The molecule has 3 N–H and O–H groups in total. The van der Waals surface area contributed by atoms with Crippen LogP contribution in [0.25, 0.3) is 0 Å². The summed E-state index contributed by atoms with van der Waals surface area (Å²) in [5, 5.41) is 10.4. The highest BCUT2D eigenvalue weighted by molar-refractivity contribution is 6.31. The Morgan fingerprint density at radius 1 is 1.10 bits per heavy atom. The molecule has 6 nitrogen and oxygen atoms in total. The van der Waals surface area contributed by atoms with Crippen LogP contribution in [0.2, 0.25) is 10.0 Å². The van der Waals surface area contributed by atoms with Gasteiger partial charge in [0.05, 0.1) is 29.8 Å². The highest BCUT2D eigenvalue weighted by Gasteiger charge is 2.73. The van der Waals surface area contributed by atoms with Gasteiger partial charge in [-0.3, -0.25) is 14.9 Å². The van der Waals surface area contributed by atoms with Gasteiger partial charge in [-0.15, -0.1) is 0 Å². The SMILES string of the molecule is C[C@@H]1CC[C@@H](NC(=O)[C@@H]2NC3(CCC(C)(C)CC3)[C@@]3(C(=O)Nc4cc(Cl)ccc43)[C@H]2c2cccc(Cl)c2F)CO1. The van der Waals surface area contributed by atoms with E-state index in [4.69, 9.17) is 27.9 Å². The van der Waals surface area contributed by atoms with Crippen LogP contribution < -0.4 is 16.0 Å². The number of benzene rings is 2. The number of hydrogen-bond acceptors (Lipinski definition) is 4. The fraction of sp³-hybridized carbons (Fsp3) is 0.548. The van der Waals surface area contributed by atoms with Crippen molar-refractivity contribution in [2.24, 2.45) is 5.41 Å². The fourth-order valence-electron chi connectivity index (χ4n) is 7.70. The summed E-state index contributed by atoms with van der Waals surface area (Å²) < 4.78 is 21.8. The molecular formula is C31H36Cl2FN3O3. The first-order chi connectivity index (χ1) is 19.0. The second-order valence-corrected chi connectivity index (χ2v) is 13.7. The molecule has 2 spiro atoms. The quantitative estimate of drug-likeness (QED) is 0.405. The Kier molecular flexibility index (Phi) is 6.97. The second-order valence-electron chi connectivity index (χ2n) is 12.9. The molecule has 214 valence electrons. The van der Waals surface area contributed by atoms with Crippen molar-refractivity contribution in [2.75, 3.05) is 11.9 Å². The number of halogens is 3. The minimum atomic E-state index is -1.26. The van der Waals surface area contributed by atoms with Crippen LogP contribution in [0.5, 0.6) is 0 Å². The average molecular weight is 589 g/mol. The first-order valence-electron chi connectivity index (χ1n) is 14.2. The molecule has 2 saturated heterocycles. The third-order valence-electron chi connectivity index (χ3n) is 9.91. The van der Waals surface area contributed by atoms with E-state index in [1.54, 1.807) is 24.3 Å². The molecule has 5 atom stereocenters. The van der Waals surface area contributed by atoms with Gasteiger partial charge < -0.3 is 15.4 Å². The lowest BCUT2D eigenvalue weighted by Crippen LogP contribution is -2.61. The van der Waals surface area contributed by atoms with Crippen molar-refractivity contribution in [3.05, 3.63) is 63.4 Å². The largest absolute Gasteiger partial charge is 0.376 e. The highest BCUT2D eigenvalue weighted by Crippen LogP contribution is 2.64. The number of carbonyl (C=O) groups is 2. The van der Waals surface area contributed by atoms with E-state index in [2.05, 4.69) is 29.8 Å². The van der Waals surface area contributed by atoms with Gasteiger partial charge in [-0.25, -0.2) is 4.39 Å². The zero-order chi connectivity index (χ0) is 28.4. The Bertz CT molecular complexity index is 1350. The van der Waals surface area contributed by atoms with Crippen LogP contribution in [-0.4, -0.2) is 42.1 Å². The monoisotopic (exact) mass is 587 g/mol. The summed E-state index contributed by atoms with van der Waals surface area (Å²) in [5.41, 5.74) is -0.359. The van der Waals surface area contributed by atoms with Crippen molar-refractivity contribution >= 4 is 40.7 Å². The molecule has 9 heteroatoms. The number of anilines is 1. The Morgan fingerprint density at radius 3 is 2.55 bits per heavy atom. The lowest BCUT2D eigenvalue weighted by Gasteiger charge is -2.50. The number of ether oxygens (including phenoxy) is 1. The van der Waals surface area contributed by atoms with Gasteiger partial charge in [0.1, 0.15) is 11.2 Å². The van der Waals surface area contributed by atoms with Crippen LogP contribution in [0.15, 0.2) is 36.4 Å². The van der Waals surface area contributed by atoms with Crippen LogP contribution >= 0.6 is 23.2 Å². The van der Waals surface area contributed by atoms with Crippen LogP contribution in [0.4, 0.5) is 10.1 Å². The van der Waals surface area contributed by atoms with E-state index in [0.717, 1.165) is 31.2 Å². The van der Waals surface area contributed by atoms with Crippen LogP contribution in [0.3, 0.4) is 0 Å². The maximum absolute atomic E-state index is 16.0. The molecule has 6 rings (SSSR count). The summed E-state index contributed by atoms with van der Waals surface area (Å²) in [6.45, 7) is 6.90. The zero-order valence-corrected chi connectivity index (χ0v) is 24.6. The summed E-state index contributed by atoms with van der Waals surface area (Å²) in [6, 6.07) is 9.18. The minimum Gasteiger partial charge on any atom is -0.376 e. The summed E-state index contributed by atoms with van der Waals surface area (Å²) >= 11 is 12.7. The van der Waals surface area contributed by atoms with E-state index < -0.39 is 28.7 Å². The number of carbonyl (C=O) groups excluding carboxylic acids is 2. The van der Waals surface area contributed by atoms with Crippen LogP contribution in [-0.2, 0) is 19.7 Å². The van der Waals surface area contributed by atoms with Crippen molar-refractivity contribution in [2.45, 2.75) is 94.4 Å². The lowest BCUT2D eigenvalue weighted by molar-refractivity contribution is -0.125. The Morgan fingerprint density at radius 2 is 1.85 bits per heavy atom. The van der Waals surface area contributed by atoms with Gasteiger partial charge in [0.15, 0.2) is 0 Å². The molecule has 0 radical (unpaired) electrons. The molecule has 0 bridgehead atoms. The third-order valence-corrected chi connectivity index (χ3v) is 10.4. The van der Waals surface area contributed by atoms with Gasteiger partial charge in [0.25, 0.3) is 0 Å². The molecule has 3 fully saturated rings. The summed E-state index contributed by atoms with van der Waals surface area (Å²) in [6.07, 6.45) is 4.80. The van der Waals surface area contributed by atoms with Gasteiger partial charge in [0.2, 0.25) is 11.8 Å². The molecule has 1 saturated carbocycles. The molecule has 3 aliphatic heterocycles. The van der Waals surface area contributed by atoms with Crippen molar-refractivity contribution in [1.82, 2.24) is 10.6 Å². The third kappa shape index (κ3) is 4.27. The number of hydrogen-bond donors (Lipinski definition) is 3. The van der Waals surface area contributed by atoms with E-state index >= 15 is 4.39 Å². The molecule has 3 heterocycles. The number of nitrogens with one attached hydrogen (secondary N) is 3. The maximum Gasteiger partial charge on any atom is 0.238 e. The Balaban J connectivity index is 1.54. The first kappa shape index (κ1) is 28.0. The van der Waals surface area contributed by atoms with E-state index in [1.807, 2.05) is 13.0 Å². The van der Waals surface area contributed by atoms with Crippen molar-refractivity contribution in [3.8, 4) is 0 Å². The van der Waals surface area contributed by atoms with Gasteiger partial charge in [0, 0.05) is 22.2 Å². The molecule has 1 aliphatic carbocycles. The Labute approximate surface area is 244 Å². The standard InChI is InChI=1S/C31H36Cl2FN3O3/c1-17-7-9-19(16-40-17)35-27(38)26-24(20-5-4-6-22(33)25(20)34)31(30(37-26)13-11-29(2,3)12-14-30)21-10-8-18(32)15-23(21)36-28(31)39/h4-6,8,10,15,17,19,24,26,37H,7,9,11-14,16H2,1-3H3,(H,35,38)(H,36,39)/t17-,19-,24+,26-,31-/m1/s1. The summed E-state index contributed by atoms with van der Waals surface area (Å²) in [7, 11) is 0. The van der Waals surface area contributed by atoms with E-state index in [0.29, 0.717) is 30.2 Å². The summed E-state index contributed by atoms with van der Waals surface area (Å²) in [5.74, 6) is -1.96. The molecular weight excluding hydrogens is 552 g/mol. The predicted molar refractivity (Wildman–Crippen MR) is 154 cm³/mol. The van der Waals surface area contributed by atoms with Gasteiger partial charge in [-0.1, -0.05) is 55.2 Å². The van der Waals surface area contributed by atoms with Crippen LogP contribution in [0, 0.1) is 11.2 Å². The van der Waals surface area contributed by atoms with Crippen LogP contribution in [0.1, 0.15) is 76.3 Å². The number of rotatable bonds is 3. The van der Waals surface area contributed by atoms with Gasteiger partial charge in [-0.05, 0) is 80.2 Å². The number of amides is 2. The van der Waals surface area contributed by atoms with Crippen molar-refractivity contribution < 1.29 is 18.7 Å². The average Bonchev–Trinajstić information content (AvgIpc) is 3.37. The molecule has 2 amide bonds. The lowest BCUT2D eigenvalue weighted by atomic mass is 9.53. The number of fused-ring (bicyclic) bond motifs is 3. The smallest absolute Gasteiger partial charge is 0.238 e. The van der Waals surface area contributed by atoms with Crippen molar-refractivity contribution in [1.29, 1.82) is 0 Å². The van der Waals surface area contributed by atoms with Crippen molar-refractivity contribution in [3.63, 3.8) is 0 Å². The molecule has 0 unspecified atom stereocenters. The molecule has 4 aliphatic rings. The topological polar surface area (TPSA) is 79.5 Å². The van der Waals surface area contributed by atoms with E-state index in [-0.39, 0.29) is 40.0 Å². The molecule has 40 heavy (non-hydrogen) atoms. The summed E-state index contributed by atoms with van der Waals surface area (Å²) in [4.78, 5) is 28.7. The normalized spacial score (nSPS) is 32.2. The zero-order valence-electron chi connectivity index (χ0n) is 23.1.